The Balaban J connectivity index is 1.91. The van der Waals surface area contributed by atoms with Crippen molar-refractivity contribution in [3.05, 3.63) is 29.3 Å². The lowest BCUT2D eigenvalue weighted by Crippen LogP contribution is -2.31. The third-order valence-corrected chi connectivity index (χ3v) is 3.17. The highest BCUT2D eigenvalue weighted by Gasteiger charge is 2.12. The van der Waals surface area contributed by atoms with Crippen molar-refractivity contribution in [2.24, 2.45) is 5.73 Å². The lowest BCUT2D eigenvalue weighted by atomic mass is 9.96. The van der Waals surface area contributed by atoms with Crippen molar-refractivity contribution >= 4 is 5.69 Å². The Kier molecular flexibility index (Phi) is 3.20. The van der Waals surface area contributed by atoms with Crippen molar-refractivity contribution in [1.82, 2.24) is 0 Å². The molecule has 0 saturated heterocycles. The minimum absolute atomic E-state index is 0.0295. The zero-order chi connectivity index (χ0) is 11.6. The van der Waals surface area contributed by atoms with E-state index in [0.29, 0.717) is 0 Å². The average Bonchev–Trinajstić information content (AvgIpc) is 2.62. The van der Waals surface area contributed by atoms with E-state index >= 15 is 0 Å². The Morgan fingerprint density at radius 2 is 2.19 bits per heavy atom. The monoisotopic (exact) mass is 218 g/mol. The molecule has 0 saturated carbocycles. The van der Waals surface area contributed by atoms with Crippen LogP contribution in [0.15, 0.2) is 18.2 Å². The van der Waals surface area contributed by atoms with E-state index in [-0.39, 0.29) is 5.54 Å². The molecule has 1 aromatic carbocycles. The molecule has 1 aromatic rings. The van der Waals surface area contributed by atoms with Gasteiger partial charge < -0.3 is 11.1 Å². The van der Waals surface area contributed by atoms with Gasteiger partial charge in [-0.25, -0.2) is 0 Å². The summed E-state index contributed by atoms with van der Waals surface area (Å²) in [7, 11) is 0. The van der Waals surface area contributed by atoms with E-state index < -0.39 is 0 Å². The predicted octanol–water partition coefficient (Wildman–Crippen LogP) is 2.71. The van der Waals surface area contributed by atoms with Crippen molar-refractivity contribution in [3.63, 3.8) is 0 Å². The molecule has 0 aromatic heterocycles. The topological polar surface area (TPSA) is 38.0 Å². The minimum atomic E-state index is -0.0295. The third kappa shape index (κ3) is 2.99. The molecule has 88 valence electrons. The van der Waals surface area contributed by atoms with Gasteiger partial charge in [0.2, 0.25) is 0 Å². The molecule has 0 aliphatic carbocycles. The van der Waals surface area contributed by atoms with Crippen LogP contribution < -0.4 is 11.1 Å². The Morgan fingerprint density at radius 1 is 1.38 bits per heavy atom. The molecule has 2 nitrogen and oxygen atoms in total. The highest BCUT2D eigenvalue weighted by Crippen LogP contribution is 2.24. The number of nitrogens with two attached hydrogens (primary N) is 1. The first kappa shape index (κ1) is 11.5. The summed E-state index contributed by atoms with van der Waals surface area (Å²) >= 11 is 0. The van der Waals surface area contributed by atoms with Gasteiger partial charge >= 0.3 is 0 Å². The van der Waals surface area contributed by atoms with Crippen LogP contribution in [0.2, 0.25) is 0 Å². The molecule has 3 N–H and O–H groups in total. The lowest BCUT2D eigenvalue weighted by Gasteiger charge is -2.17. The van der Waals surface area contributed by atoms with Crippen LogP contribution in [-0.2, 0) is 12.8 Å². The number of hydrogen-bond donors (Lipinski definition) is 2. The second-order valence-corrected chi connectivity index (χ2v) is 5.51. The first-order valence-electron chi connectivity index (χ1n) is 6.19. The lowest BCUT2D eigenvalue weighted by molar-refractivity contribution is 0.459. The first-order valence-corrected chi connectivity index (χ1v) is 6.19. The van der Waals surface area contributed by atoms with Gasteiger partial charge in [0.1, 0.15) is 0 Å². The van der Waals surface area contributed by atoms with E-state index in [0.717, 1.165) is 19.4 Å². The van der Waals surface area contributed by atoms with Crippen LogP contribution in [0.4, 0.5) is 5.69 Å². The number of benzene rings is 1. The summed E-state index contributed by atoms with van der Waals surface area (Å²) in [5, 5.41) is 3.39. The van der Waals surface area contributed by atoms with E-state index in [2.05, 4.69) is 37.4 Å². The van der Waals surface area contributed by atoms with Gasteiger partial charge in [-0.3, -0.25) is 0 Å². The molecule has 0 fully saturated rings. The fourth-order valence-electron chi connectivity index (χ4n) is 2.26. The van der Waals surface area contributed by atoms with Crippen molar-refractivity contribution < 1.29 is 0 Å². The average molecular weight is 218 g/mol. The normalized spacial score (nSPS) is 14.7. The van der Waals surface area contributed by atoms with Crippen LogP contribution in [0.5, 0.6) is 0 Å². The number of rotatable bonds is 4. The van der Waals surface area contributed by atoms with Gasteiger partial charge in [-0.2, -0.15) is 0 Å². The Bertz CT molecular complexity index is 363. The van der Waals surface area contributed by atoms with E-state index in [1.807, 2.05) is 0 Å². The van der Waals surface area contributed by atoms with Gasteiger partial charge in [0.15, 0.2) is 0 Å². The molecular formula is C14H22N2. The van der Waals surface area contributed by atoms with Crippen LogP contribution in [0.1, 0.15) is 37.8 Å². The molecule has 1 aliphatic heterocycles. The molecule has 0 amide bonds. The molecule has 0 atom stereocenters. The van der Waals surface area contributed by atoms with E-state index in [1.54, 1.807) is 0 Å². The summed E-state index contributed by atoms with van der Waals surface area (Å²) in [5.41, 5.74) is 10.2. The smallest absolute Gasteiger partial charge is 0.0373 e. The van der Waals surface area contributed by atoms with Crippen LogP contribution in [-0.4, -0.2) is 12.1 Å². The van der Waals surface area contributed by atoms with E-state index in [4.69, 9.17) is 5.73 Å². The van der Waals surface area contributed by atoms with Gasteiger partial charge in [0.05, 0.1) is 0 Å². The number of aryl methyl sites for hydroxylation is 1. The predicted molar refractivity (Wildman–Crippen MR) is 69.8 cm³/mol. The second-order valence-electron chi connectivity index (χ2n) is 5.51. The molecular weight excluding hydrogens is 196 g/mol. The van der Waals surface area contributed by atoms with Crippen LogP contribution in [0.25, 0.3) is 0 Å². The summed E-state index contributed by atoms with van der Waals surface area (Å²) in [5.74, 6) is 0. The van der Waals surface area contributed by atoms with Gasteiger partial charge in [0.25, 0.3) is 0 Å². The van der Waals surface area contributed by atoms with Crippen molar-refractivity contribution in [2.75, 3.05) is 11.9 Å². The molecule has 0 unspecified atom stereocenters. The van der Waals surface area contributed by atoms with Crippen molar-refractivity contribution in [1.29, 1.82) is 0 Å². The molecule has 1 heterocycles. The molecule has 0 bridgehead atoms. The number of anilines is 1. The third-order valence-electron chi connectivity index (χ3n) is 3.17. The van der Waals surface area contributed by atoms with Gasteiger partial charge in [-0.05, 0) is 56.7 Å². The maximum Gasteiger partial charge on any atom is 0.0373 e. The molecule has 2 rings (SSSR count). The Hall–Kier alpha value is -1.02. The summed E-state index contributed by atoms with van der Waals surface area (Å²) in [6, 6.07) is 6.80. The molecule has 0 spiro atoms. The SMILES string of the molecule is CC(C)(N)CCCc1ccc2c(c1)CCN2. The molecule has 16 heavy (non-hydrogen) atoms. The second kappa shape index (κ2) is 4.46. The summed E-state index contributed by atoms with van der Waals surface area (Å²) < 4.78 is 0. The molecule has 2 heteroatoms. The summed E-state index contributed by atoms with van der Waals surface area (Å²) in [6.07, 6.45) is 4.58. The number of nitrogens with one attached hydrogen (secondary N) is 1. The Morgan fingerprint density at radius 3 is 2.94 bits per heavy atom. The fourth-order valence-corrected chi connectivity index (χ4v) is 2.26. The quantitative estimate of drug-likeness (QED) is 0.815. The molecule has 1 aliphatic rings. The zero-order valence-electron chi connectivity index (χ0n) is 10.3. The van der Waals surface area contributed by atoms with Crippen molar-refractivity contribution in [2.45, 2.75) is 45.1 Å². The van der Waals surface area contributed by atoms with Crippen LogP contribution in [0.3, 0.4) is 0 Å². The Labute approximate surface area is 98.2 Å². The number of fused-ring (bicyclic) bond motifs is 1. The summed E-state index contributed by atoms with van der Waals surface area (Å²) in [6.45, 7) is 5.29. The summed E-state index contributed by atoms with van der Waals surface area (Å²) in [4.78, 5) is 0. The van der Waals surface area contributed by atoms with Gasteiger partial charge in [0, 0.05) is 17.8 Å². The molecule has 0 radical (unpaired) electrons. The van der Waals surface area contributed by atoms with Crippen LogP contribution in [0, 0.1) is 0 Å². The highest BCUT2D eigenvalue weighted by molar-refractivity contribution is 5.56. The van der Waals surface area contributed by atoms with Gasteiger partial charge in [-0.1, -0.05) is 12.1 Å². The maximum absolute atomic E-state index is 5.98. The zero-order valence-corrected chi connectivity index (χ0v) is 10.3. The van der Waals surface area contributed by atoms with E-state index in [1.165, 1.54) is 29.7 Å². The number of hydrogen-bond acceptors (Lipinski definition) is 2. The minimum Gasteiger partial charge on any atom is -0.384 e. The first-order chi connectivity index (χ1) is 7.54. The van der Waals surface area contributed by atoms with E-state index in [9.17, 15) is 0 Å². The standard InChI is InChI=1S/C14H22N2/c1-14(2,15)8-3-4-11-5-6-13-12(10-11)7-9-16-13/h5-6,10,16H,3-4,7-9,15H2,1-2H3. The highest BCUT2D eigenvalue weighted by atomic mass is 14.9. The van der Waals surface area contributed by atoms with Crippen molar-refractivity contribution in [3.8, 4) is 0 Å². The fraction of sp³-hybridized carbons (Fsp3) is 0.571. The van der Waals surface area contributed by atoms with Crippen LogP contribution >= 0.6 is 0 Å². The maximum atomic E-state index is 5.98. The van der Waals surface area contributed by atoms with Gasteiger partial charge in [-0.15, -0.1) is 0 Å². The largest absolute Gasteiger partial charge is 0.384 e.